The number of likely N-dealkylation sites (tertiary alicyclic amines) is 1. The molecule has 1 fully saturated rings. The summed E-state index contributed by atoms with van der Waals surface area (Å²) in [6.07, 6.45) is 1.80. The summed E-state index contributed by atoms with van der Waals surface area (Å²) in [5, 5.41) is 3.10. The molecule has 0 aliphatic carbocycles. The highest BCUT2D eigenvalue weighted by Crippen LogP contribution is 2.22. The number of nitrogens with one attached hydrogen (secondary N) is 2. The van der Waals surface area contributed by atoms with E-state index in [2.05, 4.69) is 24.4 Å². The van der Waals surface area contributed by atoms with Crippen molar-refractivity contribution in [3.8, 4) is 0 Å². The summed E-state index contributed by atoms with van der Waals surface area (Å²) in [6.45, 7) is 11.9. The molecule has 25 heavy (non-hydrogen) atoms. The SMILES string of the molecule is CCOC(=O)[C@@H]1CCC[NH+]([C@@H](C)C(=O)Nc2c(C)cc(C)cc2C)C1. The number of rotatable bonds is 5. The predicted molar refractivity (Wildman–Crippen MR) is 98.8 cm³/mol. The summed E-state index contributed by atoms with van der Waals surface area (Å²) in [5.41, 5.74) is 4.26. The Morgan fingerprint density at radius 2 is 1.92 bits per heavy atom. The minimum atomic E-state index is -0.197. The first-order chi connectivity index (χ1) is 11.8. The van der Waals surface area contributed by atoms with E-state index in [0.29, 0.717) is 13.2 Å². The van der Waals surface area contributed by atoms with Gasteiger partial charge in [0.15, 0.2) is 6.04 Å². The van der Waals surface area contributed by atoms with Gasteiger partial charge in [0.05, 0.1) is 19.7 Å². The highest BCUT2D eigenvalue weighted by molar-refractivity contribution is 5.95. The normalized spacial score (nSPS) is 21.5. The molecule has 1 aliphatic rings. The van der Waals surface area contributed by atoms with E-state index in [4.69, 9.17) is 4.74 Å². The van der Waals surface area contributed by atoms with Crippen LogP contribution in [0.5, 0.6) is 0 Å². The topological polar surface area (TPSA) is 59.8 Å². The number of esters is 1. The number of ether oxygens (including phenoxy) is 1. The van der Waals surface area contributed by atoms with Crippen molar-refractivity contribution in [1.82, 2.24) is 0 Å². The maximum Gasteiger partial charge on any atom is 0.314 e. The third-order valence-corrected chi connectivity index (χ3v) is 5.11. The first kappa shape index (κ1) is 19.4. The zero-order valence-electron chi connectivity index (χ0n) is 16.1. The van der Waals surface area contributed by atoms with Crippen LogP contribution in [-0.2, 0) is 14.3 Å². The van der Waals surface area contributed by atoms with Crippen LogP contribution in [0.15, 0.2) is 12.1 Å². The quantitative estimate of drug-likeness (QED) is 0.799. The zero-order valence-corrected chi connectivity index (χ0v) is 16.1. The maximum absolute atomic E-state index is 12.8. The Labute approximate surface area is 150 Å². The second kappa shape index (κ2) is 8.48. The highest BCUT2D eigenvalue weighted by atomic mass is 16.5. The van der Waals surface area contributed by atoms with Gasteiger partial charge in [-0.15, -0.1) is 0 Å². The van der Waals surface area contributed by atoms with E-state index in [1.807, 2.05) is 27.7 Å². The van der Waals surface area contributed by atoms with E-state index >= 15 is 0 Å². The lowest BCUT2D eigenvalue weighted by molar-refractivity contribution is -0.921. The van der Waals surface area contributed by atoms with Gasteiger partial charge in [-0.3, -0.25) is 9.59 Å². The Kier molecular flexibility index (Phi) is 6.59. The van der Waals surface area contributed by atoms with Crippen LogP contribution in [0.2, 0.25) is 0 Å². The van der Waals surface area contributed by atoms with Crippen molar-refractivity contribution in [2.75, 3.05) is 25.0 Å². The largest absolute Gasteiger partial charge is 0.466 e. The number of carbonyl (C=O) groups excluding carboxylic acids is 2. The molecule has 2 rings (SSSR count). The number of hydrogen-bond donors (Lipinski definition) is 2. The van der Waals surface area contributed by atoms with Crippen molar-refractivity contribution in [3.05, 3.63) is 28.8 Å². The Morgan fingerprint density at radius 1 is 1.28 bits per heavy atom. The average Bonchev–Trinajstić information content (AvgIpc) is 2.57. The molecule has 0 spiro atoms. The lowest BCUT2D eigenvalue weighted by Crippen LogP contribution is -3.18. The summed E-state index contributed by atoms with van der Waals surface area (Å²) >= 11 is 0. The molecule has 5 nitrogen and oxygen atoms in total. The number of amides is 1. The number of aryl methyl sites for hydroxylation is 3. The fraction of sp³-hybridized carbons (Fsp3) is 0.600. The molecule has 1 unspecified atom stereocenters. The van der Waals surface area contributed by atoms with E-state index in [0.717, 1.165) is 41.1 Å². The van der Waals surface area contributed by atoms with Crippen LogP contribution in [0.1, 0.15) is 43.4 Å². The van der Waals surface area contributed by atoms with Crippen molar-refractivity contribution in [3.63, 3.8) is 0 Å². The zero-order chi connectivity index (χ0) is 18.6. The molecule has 1 aromatic carbocycles. The van der Waals surface area contributed by atoms with Crippen LogP contribution >= 0.6 is 0 Å². The van der Waals surface area contributed by atoms with Gasteiger partial charge in [-0.2, -0.15) is 0 Å². The Balaban J connectivity index is 2.03. The van der Waals surface area contributed by atoms with Crippen molar-refractivity contribution in [2.24, 2.45) is 5.92 Å². The van der Waals surface area contributed by atoms with E-state index in [-0.39, 0.29) is 23.8 Å². The van der Waals surface area contributed by atoms with Gasteiger partial charge in [0.2, 0.25) is 0 Å². The Hall–Kier alpha value is -1.88. The molecular weight excluding hydrogens is 316 g/mol. The lowest BCUT2D eigenvalue weighted by Gasteiger charge is -2.32. The fourth-order valence-corrected chi connectivity index (χ4v) is 3.74. The van der Waals surface area contributed by atoms with Gasteiger partial charge in [-0.1, -0.05) is 17.7 Å². The minimum absolute atomic E-state index is 0.00885. The molecule has 1 heterocycles. The van der Waals surface area contributed by atoms with Crippen LogP contribution in [0.25, 0.3) is 0 Å². The predicted octanol–water partition coefficient (Wildman–Crippen LogP) is 1.80. The summed E-state index contributed by atoms with van der Waals surface area (Å²) in [6, 6.07) is 3.97. The molecular formula is C20H31N2O3+. The van der Waals surface area contributed by atoms with Crippen molar-refractivity contribution in [1.29, 1.82) is 0 Å². The minimum Gasteiger partial charge on any atom is -0.466 e. The van der Waals surface area contributed by atoms with Crippen LogP contribution < -0.4 is 10.2 Å². The summed E-state index contributed by atoms with van der Waals surface area (Å²) < 4.78 is 5.16. The third-order valence-electron chi connectivity index (χ3n) is 5.11. The third kappa shape index (κ3) is 4.82. The first-order valence-corrected chi connectivity index (χ1v) is 9.23. The second-order valence-electron chi connectivity index (χ2n) is 7.19. The van der Waals surface area contributed by atoms with Gasteiger partial charge in [-0.25, -0.2) is 0 Å². The lowest BCUT2D eigenvalue weighted by atomic mass is 9.96. The van der Waals surface area contributed by atoms with Gasteiger partial charge < -0.3 is 15.0 Å². The highest BCUT2D eigenvalue weighted by Gasteiger charge is 2.35. The van der Waals surface area contributed by atoms with Crippen LogP contribution in [0.4, 0.5) is 5.69 Å². The molecule has 0 radical (unpaired) electrons. The number of hydrogen-bond acceptors (Lipinski definition) is 3. The van der Waals surface area contributed by atoms with Crippen molar-refractivity contribution < 1.29 is 19.2 Å². The van der Waals surface area contributed by atoms with Crippen molar-refractivity contribution in [2.45, 2.75) is 53.5 Å². The molecule has 5 heteroatoms. The molecule has 1 saturated heterocycles. The van der Waals surface area contributed by atoms with Crippen LogP contribution in [0, 0.1) is 26.7 Å². The molecule has 0 bridgehead atoms. The van der Waals surface area contributed by atoms with E-state index in [9.17, 15) is 9.59 Å². The number of piperidine rings is 1. The van der Waals surface area contributed by atoms with Gasteiger partial charge in [0.25, 0.3) is 5.91 Å². The number of anilines is 1. The number of quaternary nitrogens is 1. The number of benzene rings is 1. The number of carbonyl (C=O) groups is 2. The van der Waals surface area contributed by atoms with Crippen molar-refractivity contribution >= 4 is 17.6 Å². The van der Waals surface area contributed by atoms with Gasteiger partial charge in [-0.05, 0) is 58.6 Å². The first-order valence-electron chi connectivity index (χ1n) is 9.23. The molecule has 2 N–H and O–H groups in total. The standard InChI is InChI=1S/C20H30N2O3/c1-6-25-20(24)17-8-7-9-22(12-17)16(5)19(23)21-18-14(3)10-13(2)11-15(18)4/h10-11,16-17H,6-9,12H2,1-5H3,(H,21,23)/p+1/t16-,17+/m0/s1. The second-order valence-corrected chi connectivity index (χ2v) is 7.19. The molecule has 138 valence electrons. The van der Waals surface area contributed by atoms with Gasteiger partial charge in [0, 0.05) is 5.69 Å². The molecule has 1 amide bonds. The average molecular weight is 347 g/mol. The fourth-order valence-electron chi connectivity index (χ4n) is 3.74. The van der Waals surface area contributed by atoms with Crippen LogP contribution in [0.3, 0.4) is 0 Å². The Morgan fingerprint density at radius 3 is 2.52 bits per heavy atom. The van der Waals surface area contributed by atoms with Gasteiger partial charge >= 0.3 is 5.97 Å². The maximum atomic E-state index is 12.8. The molecule has 0 aromatic heterocycles. The molecule has 0 saturated carbocycles. The van der Waals surface area contributed by atoms with E-state index in [1.54, 1.807) is 0 Å². The van der Waals surface area contributed by atoms with E-state index in [1.165, 1.54) is 5.56 Å². The summed E-state index contributed by atoms with van der Waals surface area (Å²) in [7, 11) is 0. The molecule has 3 atom stereocenters. The Bertz CT molecular complexity index is 619. The monoisotopic (exact) mass is 347 g/mol. The van der Waals surface area contributed by atoms with Crippen LogP contribution in [-0.4, -0.2) is 37.6 Å². The van der Waals surface area contributed by atoms with Gasteiger partial charge in [0.1, 0.15) is 5.92 Å². The summed E-state index contributed by atoms with van der Waals surface area (Å²) in [5.74, 6) is -0.214. The molecule has 1 aliphatic heterocycles. The summed E-state index contributed by atoms with van der Waals surface area (Å²) in [4.78, 5) is 25.9. The molecule has 1 aromatic rings. The van der Waals surface area contributed by atoms with E-state index < -0.39 is 0 Å². The smallest absolute Gasteiger partial charge is 0.314 e.